The number of allylic oxidation sites excluding steroid dienone is 5. The number of halogens is 3. The molecule has 0 saturated carbocycles. The smallest absolute Gasteiger partial charge is 0.166 e. The molecule has 0 saturated heterocycles. The first-order valence-electron chi connectivity index (χ1n) is 4.05. The van der Waals surface area contributed by atoms with Gasteiger partial charge < -0.3 is 0 Å². The van der Waals surface area contributed by atoms with Gasteiger partial charge in [0, 0.05) is 0 Å². The first-order valence-corrected chi connectivity index (χ1v) is 4.05. The molecule has 0 N–H and O–H groups in total. The van der Waals surface area contributed by atoms with E-state index in [9.17, 15) is 13.2 Å². The number of hydrogen-bond donors (Lipinski definition) is 0. The van der Waals surface area contributed by atoms with E-state index in [2.05, 4.69) is 6.58 Å². The predicted molar refractivity (Wildman–Crippen MR) is 50.5 cm³/mol. The molecule has 0 radical (unpaired) electrons. The van der Waals surface area contributed by atoms with E-state index in [1.165, 1.54) is 12.2 Å². The third kappa shape index (κ3) is 7.37. The van der Waals surface area contributed by atoms with Crippen LogP contribution in [0.1, 0.15) is 20.8 Å². The molecule has 0 aromatic rings. The SMILES string of the molecule is C=C/C(=C\C=C/C)C(F)(F)F.CC. The molecule has 0 bridgehead atoms. The number of rotatable bonds is 2. The summed E-state index contributed by atoms with van der Waals surface area (Å²) in [5.74, 6) is 0. The van der Waals surface area contributed by atoms with E-state index in [1.807, 2.05) is 13.8 Å². The zero-order chi connectivity index (χ0) is 10.9. The fraction of sp³-hybridized carbons (Fsp3) is 0.400. The summed E-state index contributed by atoms with van der Waals surface area (Å²) < 4.78 is 35.6. The molecule has 3 heteroatoms. The summed E-state index contributed by atoms with van der Waals surface area (Å²) in [4.78, 5) is 0. The highest BCUT2D eigenvalue weighted by Gasteiger charge is 2.30. The normalized spacial score (nSPS) is 12.3. The van der Waals surface area contributed by atoms with Gasteiger partial charge in [0.15, 0.2) is 0 Å². The largest absolute Gasteiger partial charge is 0.416 e. The summed E-state index contributed by atoms with van der Waals surface area (Å²) >= 11 is 0. The molecule has 0 aromatic carbocycles. The van der Waals surface area contributed by atoms with E-state index < -0.39 is 11.7 Å². The second kappa shape index (κ2) is 7.65. The van der Waals surface area contributed by atoms with Crippen LogP contribution in [0.15, 0.2) is 36.5 Å². The van der Waals surface area contributed by atoms with Crippen LogP contribution in [0.2, 0.25) is 0 Å². The van der Waals surface area contributed by atoms with Crippen molar-refractivity contribution in [3.8, 4) is 0 Å². The third-order valence-electron chi connectivity index (χ3n) is 1.02. The lowest BCUT2D eigenvalue weighted by molar-refractivity contribution is -0.0881. The molecule has 0 atom stereocenters. The zero-order valence-corrected chi connectivity index (χ0v) is 8.15. The highest BCUT2D eigenvalue weighted by molar-refractivity contribution is 5.26. The van der Waals surface area contributed by atoms with Crippen molar-refractivity contribution in [2.24, 2.45) is 0 Å². The molecule has 0 unspecified atom stereocenters. The summed E-state index contributed by atoms with van der Waals surface area (Å²) in [6, 6.07) is 0. The van der Waals surface area contributed by atoms with Gasteiger partial charge in [-0.2, -0.15) is 13.2 Å². The van der Waals surface area contributed by atoms with E-state index in [0.29, 0.717) is 0 Å². The molecule has 0 aliphatic heterocycles. The molecule has 0 heterocycles. The van der Waals surface area contributed by atoms with E-state index in [4.69, 9.17) is 0 Å². The Bertz CT molecular complexity index is 185. The van der Waals surface area contributed by atoms with Gasteiger partial charge in [-0.25, -0.2) is 0 Å². The van der Waals surface area contributed by atoms with Crippen LogP contribution in [-0.4, -0.2) is 6.18 Å². The fourth-order valence-corrected chi connectivity index (χ4v) is 0.478. The van der Waals surface area contributed by atoms with Gasteiger partial charge in [-0.15, -0.1) is 0 Å². The van der Waals surface area contributed by atoms with Crippen LogP contribution in [0.4, 0.5) is 13.2 Å². The molecule has 0 spiro atoms. The predicted octanol–water partition coefficient (Wildman–Crippen LogP) is 4.26. The molecule has 13 heavy (non-hydrogen) atoms. The lowest BCUT2D eigenvalue weighted by atomic mass is 10.2. The molecule has 0 fully saturated rings. The van der Waals surface area contributed by atoms with Crippen LogP contribution >= 0.6 is 0 Å². The molecular formula is C10H15F3. The Balaban J connectivity index is 0. The van der Waals surface area contributed by atoms with Crippen LogP contribution in [0.25, 0.3) is 0 Å². The summed E-state index contributed by atoms with van der Waals surface area (Å²) in [6.45, 7) is 8.70. The Kier molecular flexibility index (Phi) is 8.55. The van der Waals surface area contributed by atoms with Crippen molar-refractivity contribution in [3.63, 3.8) is 0 Å². The Hall–Kier alpha value is -0.990. The Morgan fingerprint density at radius 2 is 1.69 bits per heavy atom. The van der Waals surface area contributed by atoms with E-state index in [0.717, 1.165) is 12.2 Å². The van der Waals surface area contributed by atoms with Crippen molar-refractivity contribution in [1.29, 1.82) is 0 Å². The summed E-state index contributed by atoms with van der Waals surface area (Å²) in [6.07, 6.45) is 0.327. The quantitative estimate of drug-likeness (QED) is 0.573. The van der Waals surface area contributed by atoms with Crippen LogP contribution in [0.3, 0.4) is 0 Å². The first kappa shape index (κ1) is 14.5. The molecule has 76 valence electrons. The van der Waals surface area contributed by atoms with Crippen molar-refractivity contribution >= 4 is 0 Å². The Morgan fingerprint density at radius 1 is 1.23 bits per heavy atom. The van der Waals surface area contributed by atoms with Crippen LogP contribution in [0.5, 0.6) is 0 Å². The van der Waals surface area contributed by atoms with Gasteiger partial charge in [-0.1, -0.05) is 44.7 Å². The Morgan fingerprint density at radius 3 is 1.92 bits per heavy atom. The standard InChI is InChI=1S/C8H9F3.C2H6/c1-3-5-6-7(4-2)8(9,10)11;1-2/h3-6H,2H2,1H3;1-2H3/b5-3-,7-6+;. The average Bonchev–Trinajstić information content (AvgIpc) is 2.07. The topological polar surface area (TPSA) is 0 Å². The van der Waals surface area contributed by atoms with Crippen molar-refractivity contribution in [1.82, 2.24) is 0 Å². The summed E-state index contributed by atoms with van der Waals surface area (Å²) in [7, 11) is 0. The molecule has 0 amide bonds. The highest BCUT2D eigenvalue weighted by Crippen LogP contribution is 2.25. The monoisotopic (exact) mass is 192 g/mol. The second-order valence-corrected chi connectivity index (χ2v) is 1.85. The molecule has 0 aliphatic rings. The third-order valence-corrected chi connectivity index (χ3v) is 1.02. The van der Waals surface area contributed by atoms with Gasteiger partial charge >= 0.3 is 6.18 Å². The van der Waals surface area contributed by atoms with Gasteiger partial charge in [-0.3, -0.25) is 0 Å². The maximum absolute atomic E-state index is 11.9. The van der Waals surface area contributed by atoms with Crippen LogP contribution in [0, 0.1) is 0 Å². The van der Waals surface area contributed by atoms with Gasteiger partial charge in [0.25, 0.3) is 0 Å². The van der Waals surface area contributed by atoms with E-state index in [1.54, 1.807) is 6.92 Å². The minimum Gasteiger partial charge on any atom is -0.166 e. The molecule has 0 nitrogen and oxygen atoms in total. The number of alkyl halides is 3. The Labute approximate surface area is 77.5 Å². The van der Waals surface area contributed by atoms with Crippen LogP contribution < -0.4 is 0 Å². The fourth-order valence-electron chi connectivity index (χ4n) is 0.478. The minimum atomic E-state index is -4.29. The molecule has 0 aliphatic carbocycles. The van der Waals surface area contributed by atoms with Gasteiger partial charge in [-0.05, 0) is 6.92 Å². The van der Waals surface area contributed by atoms with Crippen LogP contribution in [-0.2, 0) is 0 Å². The number of hydrogen-bond acceptors (Lipinski definition) is 0. The maximum atomic E-state index is 11.9. The lowest BCUT2D eigenvalue weighted by Gasteiger charge is -2.04. The second-order valence-electron chi connectivity index (χ2n) is 1.85. The molecule has 0 aromatic heterocycles. The summed E-state index contributed by atoms with van der Waals surface area (Å²) in [5, 5.41) is 0. The molecular weight excluding hydrogens is 177 g/mol. The van der Waals surface area contributed by atoms with Crippen molar-refractivity contribution in [2.75, 3.05) is 0 Å². The van der Waals surface area contributed by atoms with E-state index in [-0.39, 0.29) is 0 Å². The van der Waals surface area contributed by atoms with Gasteiger partial charge in [0.1, 0.15) is 0 Å². The van der Waals surface area contributed by atoms with Gasteiger partial charge in [0.05, 0.1) is 5.57 Å². The first-order chi connectivity index (χ1) is 6.02. The maximum Gasteiger partial charge on any atom is 0.416 e. The highest BCUT2D eigenvalue weighted by atomic mass is 19.4. The lowest BCUT2D eigenvalue weighted by Crippen LogP contribution is -2.09. The van der Waals surface area contributed by atoms with Gasteiger partial charge in [0.2, 0.25) is 0 Å². The van der Waals surface area contributed by atoms with Crippen molar-refractivity contribution in [3.05, 3.63) is 36.5 Å². The molecule has 0 rings (SSSR count). The van der Waals surface area contributed by atoms with E-state index >= 15 is 0 Å². The van der Waals surface area contributed by atoms with Crippen molar-refractivity contribution in [2.45, 2.75) is 26.9 Å². The zero-order valence-electron chi connectivity index (χ0n) is 8.15. The average molecular weight is 192 g/mol. The van der Waals surface area contributed by atoms with Crippen molar-refractivity contribution < 1.29 is 13.2 Å². The minimum absolute atomic E-state index is 0.726. The summed E-state index contributed by atoms with van der Waals surface area (Å²) in [5.41, 5.74) is -0.726.